The third-order valence-corrected chi connectivity index (χ3v) is 3.13. The molecule has 0 atom stereocenters. The van der Waals surface area contributed by atoms with Gasteiger partial charge in [0.2, 0.25) is 0 Å². The predicted octanol–water partition coefficient (Wildman–Crippen LogP) is 2.70. The van der Waals surface area contributed by atoms with Gasteiger partial charge >= 0.3 is 6.47 Å². The van der Waals surface area contributed by atoms with Gasteiger partial charge in [0, 0.05) is 0 Å². The summed E-state index contributed by atoms with van der Waals surface area (Å²) in [6, 6.07) is 0. The number of carbonyl (C=O) groups is 1. The molecule has 1 aliphatic carbocycles. The first-order valence-corrected chi connectivity index (χ1v) is 5.30. The SMILES string of the molecule is CC(C)(C)C1CCC(OOC=O)CC1. The monoisotopic (exact) mass is 200 g/mol. The van der Waals surface area contributed by atoms with Gasteiger partial charge in [0.25, 0.3) is 0 Å². The largest absolute Gasteiger partial charge is 0.330 e. The quantitative estimate of drug-likeness (QED) is 0.399. The first kappa shape index (κ1) is 11.5. The van der Waals surface area contributed by atoms with Crippen molar-refractivity contribution < 1.29 is 14.6 Å². The lowest BCUT2D eigenvalue weighted by atomic mass is 9.72. The fourth-order valence-electron chi connectivity index (χ4n) is 2.13. The van der Waals surface area contributed by atoms with Crippen LogP contribution in [0, 0.1) is 11.3 Å². The molecule has 0 N–H and O–H groups in total. The molecule has 0 aromatic rings. The van der Waals surface area contributed by atoms with E-state index in [0.29, 0.717) is 11.9 Å². The van der Waals surface area contributed by atoms with E-state index in [9.17, 15) is 4.79 Å². The highest BCUT2D eigenvalue weighted by Crippen LogP contribution is 2.38. The molecule has 0 saturated heterocycles. The van der Waals surface area contributed by atoms with Crippen LogP contribution in [0.3, 0.4) is 0 Å². The number of hydrogen-bond acceptors (Lipinski definition) is 3. The molecule has 0 aliphatic heterocycles. The van der Waals surface area contributed by atoms with Gasteiger partial charge in [0.05, 0.1) is 0 Å². The van der Waals surface area contributed by atoms with Crippen molar-refractivity contribution in [2.24, 2.45) is 11.3 Å². The molecule has 1 fully saturated rings. The Labute approximate surface area is 85.7 Å². The Balaban J connectivity index is 2.27. The molecular formula is C11H20O3. The van der Waals surface area contributed by atoms with Crippen molar-refractivity contribution in [3.05, 3.63) is 0 Å². The van der Waals surface area contributed by atoms with Crippen molar-refractivity contribution in [1.29, 1.82) is 0 Å². The smallest absolute Gasteiger partial charge is 0.302 e. The van der Waals surface area contributed by atoms with E-state index in [2.05, 4.69) is 25.7 Å². The molecule has 0 unspecified atom stereocenters. The lowest BCUT2D eigenvalue weighted by Gasteiger charge is -2.35. The maximum absolute atomic E-state index is 9.92. The minimum atomic E-state index is 0.110. The van der Waals surface area contributed by atoms with Gasteiger partial charge in [-0.2, -0.15) is 4.89 Å². The van der Waals surface area contributed by atoms with Crippen molar-refractivity contribution in [3.8, 4) is 0 Å². The van der Waals surface area contributed by atoms with E-state index in [-0.39, 0.29) is 6.10 Å². The third kappa shape index (κ3) is 3.29. The average molecular weight is 200 g/mol. The van der Waals surface area contributed by atoms with Crippen molar-refractivity contribution in [3.63, 3.8) is 0 Å². The summed E-state index contributed by atoms with van der Waals surface area (Å²) in [5.41, 5.74) is 0.385. The molecular weight excluding hydrogens is 180 g/mol. The van der Waals surface area contributed by atoms with Crippen LogP contribution in [0.5, 0.6) is 0 Å². The molecule has 0 amide bonds. The fourth-order valence-corrected chi connectivity index (χ4v) is 2.13. The fraction of sp³-hybridized carbons (Fsp3) is 0.909. The van der Waals surface area contributed by atoms with Gasteiger partial charge in [-0.1, -0.05) is 20.8 Å². The Bertz CT molecular complexity index is 175. The molecule has 3 heteroatoms. The first-order valence-electron chi connectivity index (χ1n) is 5.30. The van der Waals surface area contributed by atoms with Crippen molar-refractivity contribution in [2.45, 2.75) is 52.6 Å². The van der Waals surface area contributed by atoms with Gasteiger partial charge in [-0.3, -0.25) is 4.79 Å². The van der Waals surface area contributed by atoms with Gasteiger partial charge in [-0.15, -0.1) is 0 Å². The van der Waals surface area contributed by atoms with Crippen LogP contribution < -0.4 is 0 Å². The molecule has 1 rings (SSSR count). The topological polar surface area (TPSA) is 35.5 Å². The lowest BCUT2D eigenvalue weighted by Crippen LogP contribution is -2.29. The van der Waals surface area contributed by atoms with Crippen LogP contribution in [-0.4, -0.2) is 12.6 Å². The van der Waals surface area contributed by atoms with Gasteiger partial charge in [0.15, 0.2) is 0 Å². The van der Waals surface area contributed by atoms with Crippen LogP contribution in [0.2, 0.25) is 0 Å². The van der Waals surface area contributed by atoms with Crippen LogP contribution in [0.4, 0.5) is 0 Å². The van der Waals surface area contributed by atoms with Crippen LogP contribution in [0.1, 0.15) is 46.5 Å². The van der Waals surface area contributed by atoms with E-state index in [1.807, 2.05) is 0 Å². The van der Waals surface area contributed by atoms with Crippen molar-refractivity contribution >= 4 is 6.47 Å². The maximum Gasteiger partial charge on any atom is 0.330 e. The molecule has 0 radical (unpaired) electrons. The van der Waals surface area contributed by atoms with Crippen LogP contribution in [-0.2, 0) is 14.6 Å². The standard InChI is InChI=1S/C11H20O3/c1-11(2,3)9-4-6-10(7-5-9)14-13-8-12/h8-10H,4-7H2,1-3H3. The zero-order chi connectivity index (χ0) is 10.6. The summed E-state index contributed by atoms with van der Waals surface area (Å²) < 4.78 is 0. The maximum atomic E-state index is 9.92. The highest BCUT2D eigenvalue weighted by molar-refractivity contribution is 5.35. The summed E-state index contributed by atoms with van der Waals surface area (Å²) in [6.07, 6.45) is 4.43. The minimum Gasteiger partial charge on any atom is -0.302 e. The van der Waals surface area contributed by atoms with Gasteiger partial charge in [-0.05, 0) is 37.0 Å². The normalized spacial score (nSPS) is 28.5. The van der Waals surface area contributed by atoms with E-state index in [1.165, 1.54) is 0 Å². The van der Waals surface area contributed by atoms with Crippen LogP contribution in [0.25, 0.3) is 0 Å². The highest BCUT2D eigenvalue weighted by Gasteiger charge is 2.30. The summed E-state index contributed by atoms with van der Waals surface area (Å²) >= 11 is 0. The van der Waals surface area contributed by atoms with Crippen molar-refractivity contribution in [1.82, 2.24) is 0 Å². The second-order valence-corrected chi connectivity index (χ2v) is 5.13. The first-order chi connectivity index (χ1) is 6.54. The van der Waals surface area contributed by atoms with E-state index in [4.69, 9.17) is 4.89 Å². The summed E-state index contributed by atoms with van der Waals surface area (Å²) in [5.74, 6) is 0.763. The summed E-state index contributed by atoms with van der Waals surface area (Å²) in [6.45, 7) is 7.18. The Kier molecular flexibility index (Phi) is 3.93. The van der Waals surface area contributed by atoms with Gasteiger partial charge in [0.1, 0.15) is 6.10 Å². The molecule has 0 aromatic heterocycles. The molecule has 0 spiro atoms. The molecule has 0 aromatic carbocycles. The Morgan fingerprint density at radius 3 is 2.14 bits per heavy atom. The van der Waals surface area contributed by atoms with Crippen LogP contribution in [0.15, 0.2) is 0 Å². The molecule has 3 nitrogen and oxygen atoms in total. The van der Waals surface area contributed by atoms with E-state index < -0.39 is 0 Å². The predicted molar refractivity (Wildman–Crippen MR) is 53.4 cm³/mol. The average Bonchev–Trinajstić information content (AvgIpc) is 2.14. The highest BCUT2D eigenvalue weighted by atomic mass is 17.2. The molecule has 1 aliphatic rings. The van der Waals surface area contributed by atoms with E-state index in [1.54, 1.807) is 0 Å². The van der Waals surface area contributed by atoms with Crippen LogP contribution >= 0.6 is 0 Å². The van der Waals surface area contributed by atoms with Crippen molar-refractivity contribution in [2.75, 3.05) is 0 Å². The van der Waals surface area contributed by atoms with E-state index >= 15 is 0 Å². The second kappa shape index (κ2) is 4.78. The van der Waals surface area contributed by atoms with E-state index in [0.717, 1.165) is 31.6 Å². The van der Waals surface area contributed by atoms with Gasteiger partial charge in [-0.25, -0.2) is 0 Å². The Hall–Kier alpha value is -0.570. The Morgan fingerprint density at radius 2 is 1.71 bits per heavy atom. The zero-order valence-electron chi connectivity index (χ0n) is 9.29. The number of carbonyl (C=O) groups excluding carboxylic acids is 1. The molecule has 0 heterocycles. The summed E-state index contributed by atoms with van der Waals surface area (Å²) in [5, 5.41) is 0. The zero-order valence-corrected chi connectivity index (χ0v) is 9.29. The molecule has 0 bridgehead atoms. The number of hydrogen-bond donors (Lipinski definition) is 0. The molecule has 82 valence electrons. The molecule has 1 saturated carbocycles. The minimum absolute atomic E-state index is 0.110. The second-order valence-electron chi connectivity index (χ2n) is 5.13. The Morgan fingerprint density at radius 1 is 1.14 bits per heavy atom. The van der Waals surface area contributed by atoms with Gasteiger partial charge < -0.3 is 4.89 Å². The number of rotatable bonds is 3. The summed E-state index contributed by atoms with van der Waals surface area (Å²) in [7, 11) is 0. The summed E-state index contributed by atoms with van der Waals surface area (Å²) in [4.78, 5) is 19.2. The molecule has 14 heavy (non-hydrogen) atoms. The lowest BCUT2D eigenvalue weighted by molar-refractivity contribution is -0.292. The third-order valence-electron chi connectivity index (χ3n) is 3.13.